The van der Waals surface area contributed by atoms with E-state index >= 15 is 0 Å². The summed E-state index contributed by atoms with van der Waals surface area (Å²) in [6.45, 7) is 3.56. The molecule has 3 heterocycles. The van der Waals surface area contributed by atoms with Crippen LogP contribution in [0.5, 0.6) is 0 Å². The van der Waals surface area contributed by atoms with Crippen LogP contribution in [0.3, 0.4) is 0 Å². The molecule has 0 amide bonds. The first-order valence-corrected chi connectivity index (χ1v) is 6.25. The molecule has 2 aliphatic rings. The molecule has 0 saturated carbocycles. The summed E-state index contributed by atoms with van der Waals surface area (Å²) < 4.78 is 5.61. The van der Waals surface area contributed by atoms with E-state index in [1.54, 1.807) is 6.20 Å². The standard InChI is InChI=1S/C14H17N3O/c1-3-11-4-5-14(15-6-11)17-7-12-9-18-10-13(8-17)16(12)2/h1,4-6,12-13H,7-10H2,2H3. The van der Waals surface area contributed by atoms with Gasteiger partial charge in [-0.1, -0.05) is 5.92 Å². The topological polar surface area (TPSA) is 28.6 Å². The number of aromatic nitrogens is 1. The Morgan fingerprint density at radius 2 is 2.06 bits per heavy atom. The molecule has 4 heteroatoms. The van der Waals surface area contributed by atoms with Crippen LogP contribution in [0.4, 0.5) is 5.82 Å². The van der Waals surface area contributed by atoms with Crippen molar-refractivity contribution in [3.05, 3.63) is 23.9 Å². The molecule has 2 bridgehead atoms. The normalized spacial score (nSPS) is 27.9. The van der Waals surface area contributed by atoms with Gasteiger partial charge in [-0.15, -0.1) is 6.42 Å². The lowest BCUT2D eigenvalue weighted by atomic mass is 10.1. The molecule has 0 N–H and O–H groups in total. The Hall–Kier alpha value is -1.57. The first kappa shape index (κ1) is 11.5. The number of piperazine rings is 1. The molecule has 0 spiro atoms. The molecule has 94 valence electrons. The molecule has 2 aliphatic heterocycles. The van der Waals surface area contributed by atoms with Gasteiger partial charge in [0.05, 0.1) is 25.3 Å². The average molecular weight is 243 g/mol. The van der Waals surface area contributed by atoms with Crippen LogP contribution in [0.25, 0.3) is 0 Å². The molecule has 4 nitrogen and oxygen atoms in total. The van der Waals surface area contributed by atoms with Gasteiger partial charge < -0.3 is 9.64 Å². The molecule has 1 aromatic rings. The summed E-state index contributed by atoms with van der Waals surface area (Å²) in [7, 11) is 2.18. The van der Waals surface area contributed by atoms with Gasteiger partial charge >= 0.3 is 0 Å². The second-order valence-electron chi connectivity index (χ2n) is 4.96. The lowest BCUT2D eigenvalue weighted by Crippen LogP contribution is -2.63. The maximum absolute atomic E-state index is 5.61. The molecule has 1 aromatic heterocycles. The van der Waals surface area contributed by atoms with Gasteiger partial charge in [-0.25, -0.2) is 4.98 Å². The molecule has 2 atom stereocenters. The van der Waals surface area contributed by atoms with Crippen molar-refractivity contribution in [2.75, 3.05) is 38.3 Å². The smallest absolute Gasteiger partial charge is 0.128 e. The number of nitrogens with zero attached hydrogens (tertiary/aromatic N) is 3. The monoisotopic (exact) mass is 243 g/mol. The van der Waals surface area contributed by atoms with Crippen molar-refractivity contribution in [1.82, 2.24) is 9.88 Å². The highest BCUT2D eigenvalue weighted by molar-refractivity contribution is 5.43. The highest BCUT2D eigenvalue weighted by Crippen LogP contribution is 2.23. The zero-order chi connectivity index (χ0) is 12.5. The van der Waals surface area contributed by atoms with Crippen molar-refractivity contribution in [1.29, 1.82) is 0 Å². The number of rotatable bonds is 1. The van der Waals surface area contributed by atoms with Crippen LogP contribution in [-0.4, -0.2) is 55.3 Å². The van der Waals surface area contributed by atoms with Crippen LogP contribution >= 0.6 is 0 Å². The van der Waals surface area contributed by atoms with E-state index in [1.807, 2.05) is 12.1 Å². The minimum atomic E-state index is 0.464. The van der Waals surface area contributed by atoms with E-state index in [-0.39, 0.29) is 0 Å². The molecule has 0 aromatic carbocycles. The Morgan fingerprint density at radius 1 is 1.33 bits per heavy atom. The SMILES string of the molecule is C#Cc1ccc(N2CC3COCC(C2)N3C)nc1. The van der Waals surface area contributed by atoms with Crippen LogP contribution in [0.2, 0.25) is 0 Å². The summed E-state index contributed by atoms with van der Waals surface area (Å²) in [5.74, 6) is 3.61. The number of pyridine rings is 1. The van der Waals surface area contributed by atoms with Gasteiger partial charge in [0.1, 0.15) is 5.82 Å². The molecule has 2 saturated heterocycles. The Labute approximate surface area is 108 Å². The fourth-order valence-corrected chi connectivity index (χ4v) is 2.67. The molecule has 2 fully saturated rings. The summed E-state index contributed by atoms with van der Waals surface area (Å²) in [6, 6.07) is 4.89. The van der Waals surface area contributed by atoms with Crippen molar-refractivity contribution < 1.29 is 4.74 Å². The van der Waals surface area contributed by atoms with Gasteiger partial charge in [0.15, 0.2) is 0 Å². The predicted molar refractivity (Wildman–Crippen MR) is 70.5 cm³/mol. The zero-order valence-corrected chi connectivity index (χ0v) is 10.5. The number of hydrogen-bond acceptors (Lipinski definition) is 4. The number of terminal acetylenes is 1. The van der Waals surface area contributed by atoms with E-state index < -0.39 is 0 Å². The van der Waals surface area contributed by atoms with E-state index in [1.165, 1.54) is 0 Å². The number of morpholine rings is 1. The second-order valence-corrected chi connectivity index (χ2v) is 4.96. The lowest BCUT2D eigenvalue weighted by molar-refractivity contribution is -0.0441. The van der Waals surface area contributed by atoms with Gasteiger partial charge in [0, 0.05) is 24.8 Å². The molecule has 18 heavy (non-hydrogen) atoms. The Bertz CT molecular complexity index is 451. The first-order valence-electron chi connectivity index (χ1n) is 6.25. The van der Waals surface area contributed by atoms with Gasteiger partial charge in [-0.05, 0) is 19.2 Å². The highest BCUT2D eigenvalue weighted by atomic mass is 16.5. The molecule has 0 radical (unpaired) electrons. The largest absolute Gasteiger partial charge is 0.378 e. The second kappa shape index (κ2) is 4.60. The van der Waals surface area contributed by atoms with Crippen LogP contribution in [0.1, 0.15) is 5.56 Å². The molecule has 3 rings (SSSR count). The molecule has 0 aliphatic carbocycles. The fraction of sp³-hybridized carbons (Fsp3) is 0.500. The maximum atomic E-state index is 5.61. The van der Waals surface area contributed by atoms with Crippen LogP contribution in [0.15, 0.2) is 18.3 Å². The van der Waals surface area contributed by atoms with Gasteiger partial charge in [0.25, 0.3) is 0 Å². The minimum Gasteiger partial charge on any atom is -0.378 e. The van der Waals surface area contributed by atoms with Crippen LogP contribution in [0, 0.1) is 12.3 Å². The van der Waals surface area contributed by atoms with E-state index in [0.29, 0.717) is 12.1 Å². The molecule has 2 unspecified atom stereocenters. The quantitative estimate of drug-likeness (QED) is 0.675. The number of ether oxygens (including phenoxy) is 1. The zero-order valence-electron chi connectivity index (χ0n) is 10.5. The number of anilines is 1. The summed E-state index contributed by atoms with van der Waals surface area (Å²) in [4.78, 5) is 9.21. The van der Waals surface area contributed by atoms with E-state index in [0.717, 1.165) is 37.7 Å². The minimum absolute atomic E-state index is 0.464. The highest BCUT2D eigenvalue weighted by Gasteiger charge is 2.35. The molecular formula is C14H17N3O. The molecular weight excluding hydrogens is 226 g/mol. The van der Waals surface area contributed by atoms with Gasteiger partial charge in [-0.2, -0.15) is 0 Å². The summed E-state index contributed by atoms with van der Waals surface area (Å²) in [5, 5.41) is 0. The maximum Gasteiger partial charge on any atom is 0.128 e. The fourth-order valence-electron chi connectivity index (χ4n) is 2.67. The number of likely N-dealkylation sites (N-methyl/N-ethyl adjacent to an activating group) is 1. The third-order valence-corrected chi connectivity index (χ3v) is 3.87. The number of fused-ring (bicyclic) bond motifs is 2. The van der Waals surface area contributed by atoms with Gasteiger partial charge in [0.2, 0.25) is 0 Å². The van der Waals surface area contributed by atoms with E-state index in [2.05, 4.69) is 27.8 Å². The van der Waals surface area contributed by atoms with Crippen molar-refractivity contribution in [3.63, 3.8) is 0 Å². The Kier molecular flexibility index (Phi) is 2.94. The average Bonchev–Trinajstić information content (AvgIpc) is 2.38. The third-order valence-electron chi connectivity index (χ3n) is 3.87. The van der Waals surface area contributed by atoms with Crippen molar-refractivity contribution in [3.8, 4) is 12.3 Å². The Balaban J connectivity index is 1.79. The van der Waals surface area contributed by atoms with Crippen molar-refractivity contribution in [2.45, 2.75) is 12.1 Å². The summed E-state index contributed by atoms with van der Waals surface area (Å²) in [5.41, 5.74) is 0.830. The number of hydrogen-bond donors (Lipinski definition) is 0. The van der Waals surface area contributed by atoms with E-state index in [4.69, 9.17) is 11.2 Å². The van der Waals surface area contributed by atoms with Crippen molar-refractivity contribution >= 4 is 5.82 Å². The van der Waals surface area contributed by atoms with Crippen molar-refractivity contribution in [2.24, 2.45) is 0 Å². The Morgan fingerprint density at radius 3 is 2.61 bits per heavy atom. The summed E-state index contributed by atoms with van der Waals surface area (Å²) >= 11 is 0. The van der Waals surface area contributed by atoms with Crippen LogP contribution < -0.4 is 4.90 Å². The van der Waals surface area contributed by atoms with Crippen LogP contribution in [-0.2, 0) is 4.74 Å². The lowest BCUT2D eigenvalue weighted by Gasteiger charge is -2.48. The summed E-state index contributed by atoms with van der Waals surface area (Å²) in [6.07, 6.45) is 7.11. The van der Waals surface area contributed by atoms with Gasteiger partial charge in [-0.3, -0.25) is 4.90 Å². The van der Waals surface area contributed by atoms with E-state index in [9.17, 15) is 0 Å². The third kappa shape index (κ3) is 1.96. The first-order chi connectivity index (χ1) is 8.78. The predicted octanol–water partition coefficient (Wildman–Crippen LogP) is 0.582.